The molecule has 0 bridgehead atoms. The summed E-state index contributed by atoms with van der Waals surface area (Å²) < 4.78 is 31.7. The Bertz CT molecular complexity index is 537. The fourth-order valence-corrected chi connectivity index (χ4v) is 4.45. The normalized spacial score (nSPS) is 24.3. The molecular weight excluding hydrogens is 288 g/mol. The first-order chi connectivity index (χ1) is 10.1. The first-order valence-electron chi connectivity index (χ1n) is 7.87. The molecule has 1 aromatic rings. The third kappa shape index (κ3) is 4.31. The first kappa shape index (κ1) is 15.1. The molecule has 21 heavy (non-hydrogen) atoms. The average Bonchev–Trinajstić information content (AvgIpc) is 3.20. The molecule has 118 valence electrons. The minimum absolute atomic E-state index is 0.112. The minimum atomic E-state index is -3.02. The van der Waals surface area contributed by atoms with E-state index in [2.05, 4.69) is 9.62 Å². The van der Waals surface area contributed by atoms with Gasteiger partial charge in [0.25, 0.3) is 0 Å². The molecule has 1 atom stereocenters. The van der Waals surface area contributed by atoms with Gasteiger partial charge in [-0.2, -0.15) is 0 Å². The zero-order valence-electron chi connectivity index (χ0n) is 12.3. The van der Waals surface area contributed by atoms with Gasteiger partial charge in [0.05, 0.1) is 18.1 Å². The van der Waals surface area contributed by atoms with Crippen molar-refractivity contribution in [2.24, 2.45) is 5.92 Å². The summed E-state index contributed by atoms with van der Waals surface area (Å²) in [4.78, 5) is 2.41. The van der Waals surface area contributed by atoms with Crippen LogP contribution in [0.2, 0.25) is 0 Å². The molecule has 0 radical (unpaired) electrons. The Morgan fingerprint density at radius 2 is 2.19 bits per heavy atom. The van der Waals surface area contributed by atoms with E-state index < -0.39 is 10.0 Å². The van der Waals surface area contributed by atoms with Crippen LogP contribution in [-0.2, 0) is 16.6 Å². The van der Waals surface area contributed by atoms with Crippen molar-refractivity contribution in [3.8, 4) is 0 Å². The summed E-state index contributed by atoms with van der Waals surface area (Å²) in [5.41, 5.74) is 0. The van der Waals surface area contributed by atoms with Gasteiger partial charge in [-0.15, -0.1) is 0 Å². The van der Waals surface area contributed by atoms with E-state index in [4.69, 9.17) is 4.42 Å². The Balaban J connectivity index is 1.41. The maximum absolute atomic E-state index is 11.8. The van der Waals surface area contributed by atoms with E-state index in [1.54, 1.807) is 6.26 Å². The summed E-state index contributed by atoms with van der Waals surface area (Å²) in [7, 11) is -3.02. The van der Waals surface area contributed by atoms with E-state index in [9.17, 15) is 8.42 Å². The highest BCUT2D eigenvalue weighted by atomic mass is 32.2. The van der Waals surface area contributed by atoms with E-state index >= 15 is 0 Å². The number of nitrogens with zero attached hydrogens (tertiary/aromatic N) is 1. The van der Waals surface area contributed by atoms with Crippen LogP contribution in [-0.4, -0.2) is 38.2 Å². The molecule has 1 aliphatic heterocycles. The van der Waals surface area contributed by atoms with Crippen molar-refractivity contribution >= 4 is 10.0 Å². The predicted octanol–water partition coefficient (Wildman–Crippen LogP) is 1.96. The quantitative estimate of drug-likeness (QED) is 0.836. The third-order valence-electron chi connectivity index (χ3n) is 4.38. The molecule has 2 fully saturated rings. The van der Waals surface area contributed by atoms with Gasteiger partial charge < -0.3 is 4.42 Å². The molecule has 2 aliphatic rings. The number of hydrogen-bond donors (Lipinski definition) is 1. The van der Waals surface area contributed by atoms with Crippen molar-refractivity contribution in [3.05, 3.63) is 24.2 Å². The number of sulfonamides is 1. The van der Waals surface area contributed by atoms with Gasteiger partial charge in [0.1, 0.15) is 5.76 Å². The largest absolute Gasteiger partial charge is 0.468 e. The average molecular weight is 312 g/mol. The second-order valence-electron chi connectivity index (χ2n) is 6.25. The monoisotopic (exact) mass is 312 g/mol. The topological polar surface area (TPSA) is 62.6 Å². The number of rotatable bonds is 7. The number of piperidine rings is 1. The van der Waals surface area contributed by atoms with Crippen LogP contribution in [0, 0.1) is 5.92 Å². The summed E-state index contributed by atoms with van der Waals surface area (Å²) in [6.07, 6.45) is 6.68. The van der Waals surface area contributed by atoms with Gasteiger partial charge in [0.15, 0.2) is 0 Å². The zero-order chi connectivity index (χ0) is 14.7. The second kappa shape index (κ2) is 6.50. The minimum Gasteiger partial charge on any atom is -0.468 e. The summed E-state index contributed by atoms with van der Waals surface area (Å²) in [5, 5.41) is -0.112. The fourth-order valence-electron chi connectivity index (χ4n) is 3.05. The SMILES string of the molecule is O=S(=O)(NCC[C@@H]1CCCN(Cc2ccco2)C1)C1CC1. The maximum Gasteiger partial charge on any atom is 0.214 e. The summed E-state index contributed by atoms with van der Waals surface area (Å²) in [6.45, 7) is 3.58. The standard InChI is InChI=1S/C15H24N2O3S/c18-21(19,15-5-6-15)16-8-7-13-3-1-9-17(11-13)12-14-4-2-10-20-14/h2,4,10,13,15-16H,1,3,5-9,11-12H2/t13-/m0/s1. The number of likely N-dealkylation sites (tertiary alicyclic amines) is 1. The summed E-state index contributed by atoms with van der Waals surface area (Å²) in [6, 6.07) is 3.93. The Labute approximate surface area is 126 Å². The molecule has 0 unspecified atom stereocenters. The van der Waals surface area contributed by atoms with Gasteiger partial charge in [0, 0.05) is 13.1 Å². The molecule has 0 amide bonds. The molecule has 1 saturated carbocycles. The van der Waals surface area contributed by atoms with Gasteiger partial charge in [-0.3, -0.25) is 4.90 Å². The molecule has 0 spiro atoms. The fraction of sp³-hybridized carbons (Fsp3) is 0.733. The lowest BCUT2D eigenvalue weighted by Gasteiger charge is -2.32. The molecule has 0 aromatic carbocycles. The van der Waals surface area contributed by atoms with E-state index in [0.717, 1.165) is 44.7 Å². The van der Waals surface area contributed by atoms with Crippen molar-refractivity contribution in [1.29, 1.82) is 0 Å². The van der Waals surface area contributed by atoms with Crippen LogP contribution < -0.4 is 4.72 Å². The van der Waals surface area contributed by atoms with Gasteiger partial charge in [-0.25, -0.2) is 13.1 Å². The lowest BCUT2D eigenvalue weighted by molar-refractivity contribution is 0.152. The van der Waals surface area contributed by atoms with Gasteiger partial charge in [0.2, 0.25) is 10.0 Å². The van der Waals surface area contributed by atoms with E-state index in [0.29, 0.717) is 12.5 Å². The number of furan rings is 1. The van der Waals surface area contributed by atoms with Gasteiger partial charge in [-0.1, -0.05) is 0 Å². The molecule has 1 N–H and O–H groups in total. The van der Waals surface area contributed by atoms with Crippen LogP contribution in [0.25, 0.3) is 0 Å². The van der Waals surface area contributed by atoms with Crippen molar-refractivity contribution < 1.29 is 12.8 Å². The van der Waals surface area contributed by atoms with E-state index in [-0.39, 0.29) is 5.25 Å². The van der Waals surface area contributed by atoms with Crippen molar-refractivity contribution in [3.63, 3.8) is 0 Å². The highest BCUT2D eigenvalue weighted by molar-refractivity contribution is 7.90. The maximum atomic E-state index is 11.8. The van der Waals surface area contributed by atoms with Gasteiger partial charge in [-0.05, 0) is 56.7 Å². The Morgan fingerprint density at radius 3 is 2.90 bits per heavy atom. The Kier molecular flexibility index (Phi) is 4.66. The van der Waals surface area contributed by atoms with E-state index in [1.807, 2.05) is 12.1 Å². The summed E-state index contributed by atoms with van der Waals surface area (Å²) >= 11 is 0. The van der Waals surface area contributed by atoms with Crippen LogP contribution in [0.3, 0.4) is 0 Å². The molecule has 6 heteroatoms. The molecule has 1 saturated heterocycles. The van der Waals surface area contributed by atoms with E-state index in [1.165, 1.54) is 12.8 Å². The van der Waals surface area contributed by atoms with Crippen molar-refractivity contribution in [1.82, 2.24) is 9.62 Å². The first-order valence-corrected chi connectivity index (χ1v) is 9.41. The van der Waals surface area contributed by atoms with Crippen molar-refractivity contribution in [2.75, 3.05) is 19.6 Å². The second-order valence-corrected chi connectivity index (χ2v) is 8.30. The Morgan fingerprint density at radius 1 is 1.33 bits per heavy atom. The number of nitrogens with one attached hydrogen (secondary N) is 1. The summed E-state index contributed by atoms with van der Waals surface area (Å²) in [5.74, 6) is 1.58. The molecule has 1 aromatic heterocycles. The molecular formula is C15H24N2O3S. The van der Waals surface area contributed by atoms with Crippen LogP contribution >= 0.6 is 0 Å². The molecule has 5 nitrogen and oxygen atoms in total. The molecule has 3 rings (SSSR count). The predicted molar refractivity (Wildman–Crippen MR) is 81.3 cm³/mol. The molecule has 1 aliphatic carbocycles. The van der Waals surface area contributed by atoms with Crippen LogP contribution in [0.4, 0.5) is 0 Å². The highest BCUT2D eigenvalue weighted by Crippen LogP contribution is 2.27. The van der Waals surface area contributed by atoms with Crippen LogP contribution in [0.15, 0.2) is 22.8 Å². The molecule has 2 heterocycles. The van der Waals surface area contributed by atoms with Crippen LogP contribution in [0.5, 0.6) is 0 Å². The van der Waals surface area contributed by atoms with Gasteiger partial charge >= 0.3 is 0 Å². The van der Waals surface area contributed by atoms with Crippen LogP contribution in [0.1, 0.15) is 37.9 Å². The Hall–Kier alpha value is -0.850. The third-order valence-corrected chi connectivity index (χ3v) is 6.34. The lowest BCUT2D eigenvalue weighted by Crippen LogP contribution is -2.37. The zero-order valence-corrected chi connectivity index (χ0v) is 13.1. The number of hydrogen-bond acceptors (Lipinski definition) is 4. The smallest absolute Gasteiger partial charge is 0.214 e. The van der Waals surface area contributed by atoms with Crippen molar-refractivity contribution in [2.45, 2.75) is 43.9 Å². The highest BCUT2D eigenvalue weighted by Gasteiger charge is 2.35. The lowest BCUT2D eigenvalue weighted by atomic mass is 9.95.